The van der Waals surface area contributed by atoms with Crippen LogP contribution in [-0.2, 0) is 4.74 Å². The molecule has 26 heavy (non-hydrogen) atoms. The number of nitrogens with zero attached hydrogens (tertiary/aromatic N) is 4. The molecule has 1 aliphatic heterocycles. The van der Waals surface area contributed by atoms with Crippen LogP contribution in [0, 0.1) is 0 Å². The molecule has 1 saturated heterocycles. The second-order valence-corrected chi connectivity index (χ2v) is 6.56. The van der Waals surface area contributed by atoms with Crippen LogP contribution in [0.3, 0.4) is 0 Å². The van der Waals surface area contributed by atoms with Crippen LogP contribution in [0.1, 0.15) is 27.5 Å². The van der Waals surface area contributed by atoms with Crippen LogP contribution in [0.2, 0.25) is 0 Å². The Bertz CT molecular complexity index is 780. The molecule has 0 aliphatic carbocycles. The summed E-state index contributed by atoms with van der Waals surface area (Å²) in [6, 6.07) is 5.46. The van der Waals surface area contributed by atoms with E-state index in [4.69, 9.17) is 4.74 Å². The molecule has 0 atom stereocenters. The minimum Gasteiger partial charge on any atom is -0.378 e. The van der Waals surface area contributed by atoms with Gasteiger partial charge in [0.1, 0.15) is 0 Å². The molecule has 0 spiro atoms. The first-order chi connectivity index (χ1) is 12.6. The minimum atomic E-state index is -0.256. The number of hydrogen-bond donors (Lipinski definition) is 1. The van der Waals surface area contributed by atoms with E-state index in [1.165, 1.54) is 0 Å². The Hall–Kier alpha value is -2.45. The van der Waals surface area contributed by atoms with E-state index in [0.29, 0.717) is 38.4 Å². The quantitative estimate of drug-likeness (QED) is 0.760. The van der Waals surface area contributed by atoms with Gasteiger partial charge in [0, 0.05) is 25.8 Å². The van der Waals surface area contributed by atoms with Gasteiger partial charge in [0.2, 0.25) is 5.82 Å². The van der Waals surface area contributed by atoms with Crippen LogP contribution in [0.4, 0.5) is 0 Å². The Morgan fingerprint density at radius 3 is 2.77 bits per heavy atom. The van der Waals surface area contributed by atoms with Gasteiger partial charge < -0.3 is 19.9 Å². The monoisotopic (exact) mass is 359 g/mol. The summed E-state index contributed by atoms with van der Waals surface area (Å²) in [6.45, 7) is 3.57. The molecule has 3 heterocycles. The Morgan fingerprint density at radius 2 is 2.04 bits per heavy atom. The summed E-state index contributed by atoms with van der Waals surface area (Å²) in [5, 5.41) is 2.89. The van der Waals surface area contributed by atoms with Gasteiger partial charge in [-0.2, -0.15) is 0 Å². The Labute approximate surface area is 152 Å². The van der Waals surface area contributed by atoms with Crippen molar-refractivity contribution in [1.29, 1.82) is 0 Å². The molecule has 0 saturated carbocycles. The maximum atomic E-state index is 12.8. The minimum absolute atomic E-state index is 0.179. The fourth-order valence-corrected chi connectivity index (χ4v) is 2.94. The fraction of sp³-hybridized carbons (Fsp3) is 0.500. The van der Waals surface area contributed by atoms with Crippen molar-refractivity contribution in [3.63, 3.8) is 0 Å². The molecule has 2 aromatic heterocycles. The average Bonchev–Trinajstić information content (AvgIpc) is 3.05. The average molecular weight is 359 g/mol. The number of carbonyl (C=O) groups excluding carboxylic acids is 2. The number of nitrogens with one attached hydrogen (secondary N) is 1. The summed E-state index contributed by atoms with van der Waals surface area (Å²) in [5.74, 6) is -0.171. The zero-order chi connectivity index (χ0) is 18.5. The van der Waals surface area contributed by atoms with E-state index in [2.05, 4.69) is 15.2 Å². The first-order valence-corrected chi connectivity index (χ1v) is 8.85. The van der Waals surface area contributed by atoms with Crippen molar-refractivity contribution in [3.8, 4) is 0 Å². The van der Waals surface area contributed by atoms with Crippen molar-refractivity contribution in [2.45, 2.75) is 6.42 Å². The molecule has 2 amide bonds. The van der Waals surface area contributed by atoms with Crippen molar-refractivity contribution in [2.24, 2.45) is 0 Å². The Kier molecular flexibility index (Phi) is 5.85. The van der Waals surface area contributed by atoms with E-state index in [-0.39, 0.29) is 23.3 Å². The smallest absolute Gasteiger partial charge is 0.290 e. The molecule has 2 aromatic rings. The van der Waals surface area contributed by atoms with Gasteiger partial charge in [0.05, 0.1) is 18.7 Å². The number of morpholine rings is 1. The molecule has 8 nitrogen and oxygen atoms in total. The number of ether oxygens (including phenoxy) is 1. The molecule has 0 aromatic carbocycles. The van der Waals surface area contributed by atoms with E-state index < -0.39 is 0 Å². The van der Waals surface area contributed by atoms with E-state index in [1.54, 1.807) is 21.6 Å². The number of aromatic nitrogens is 2. The Morgan fingerprint density at radius 1 is 1.27 bits per heavy atom. The third kappa shape index (κ3) is 4.03. The molecule has 3 rings (SSSR count). The molecular formula is C18H25N5O3. The van der Waals surface area contributed by atoms with Crippen LogP contribution >= 0.6 is 0 Å². The SMILES string of the molecule is CN(C)CCCNC(=O)c1nc(C(=O)N2CCOCC2)n2ccccc12. The third-order valence-electron chi connectivity index (χ3n) is 4.32. The van der Waals surface area contributed by atoms with E-state index in [0.717, 1.165) is 13.0 Å². The summed E-state index contributed by atoms with van der Waals surface area (Å²) in [5.41, 5.74) is 0.918. The summed E-state index contributed by atoms with van der Waals surface area (Å²) in [4.78, 5) is 33.6. The predicted molar refractivity (Wildman–Crippen MR) is 97.4 cm³/mol. The number of amides is 2. The normalized spacial score (nSPS) is 14.8. The second-order valence-electron chi connectivity index (χ2n) is 6.56. The molecule has 1 aliphatic rings. The first kappa shape index (κ1) is 18.3. The lowest BCUT2D eigenvalue weighted by Gasteiger charge is -2.26. The summed E-state index contributed by atoms with van der Waals surface area (Å²) in [6.07, 6.45) is 2.61. The standard InChI is InChI=1S/C18H25N5O3/c1-21(2)8-5-7-19-17(24)15-14-6-3-4-9-23(14)16(20-15)18(25)22-10-12-26-13-11-22/h3-4,6,9H,5,7-8,10-13H2,1-2H3,(H,19,24). The largest absolute Gasteiger partial charge is 0.378 e. The molecule has 0 unspecified atom stereocenters. The molecule has 0 bridgehead atoms. The zero-order valence-electron chi connectivity index (χ0n) is 15.3. The van der Waals surface area contributed by atoms with Crippen LogP contribution in [-0.4, -0.2) is 84.5 Å². The first-order valence-electron chi connectivity index (χ1n) is 8.85. The number of fused-ring (bicyclic) bond motifs is 1. The number of imidazole rings is 1. The van der Waals surface area contributed by atoms with Crippen molar-refractivity contribution in [1.82, 2.24) is 24.5 Å². The fourth-order valence-electron chi connectivity index (χ4n) is 2.94. The number of rotatable bonds is 6. The number of carbonyl (C=O) groups is 2. The van der Waals surface area contributed by atoms with Crippen LogP contribution < -0.4 is 5.32 Å². The van der Waals surface area contributed by atoms with Gasteiger partial charge in [-0.15, -0.1) is 0 Å². The van der Waals surface area contributed by atoms with Crippen LogP contribution in [0.25, 0.3) is 5.52 Å². The zero-order valence-corrected chi connectivity index (χ0v) is 15.3. The lowest BCUT2D eigenvalue weighted by atomic mass is 10.3. The topological polar surface area (TPSA) is 79.2 Å². The summed E-state index contributed by atoms with van der Waals surface area (Å²) in [7, 11) is 3.99. The highest BCUT2D eigenvalue weighted by Crippen LogP contribution is 2.15. The maximum absolute atomic E-state index is 12.8. The van der Waals surface area contributed by atoms with Crippen LogP contribution in [0.5, 0.6) is 0 Å². The lowest BCUT2D eigenvalue weighted by molar-refractivity contribution is 0.0294. The highest BCUT2D eigenvalue weighted by atomic mass is 16.5. The van der Waals surface area contributed by atoms with Gasteiger partial charge in [-0.3, -0.25) is 14.0 Å². The van der Waals surface area contributed by atoms with Crippen molar-refractivity contribution < 1.29 is 14.3 Å². The summed E-state index contributed by atoms with van der Waals surface area (Å²) < 4.78 is 6.99. The van der Waals surface area contributed by atoms with Gasteiger partial charge in [0.25, 0.3) is 11.8 Å². The second kappa shape index (κ2) is 8.29. The van der Waals surface area contributed by atoms with Gasteiger partial charge in [-0.1, -0.05) is 6.07 Å². The van der Waals surface area contributed by atoms with Gasteiger partial charge in [-0.05, 0) is 39.2 Å². The molecular weight excluding hydrogens is 334 g/mol. The van der Waals surface area contributed by atoms with Gasteiger partial charge >= 0.3 is 0 Å². The molecule has 0 radical (unpaired) electrons. The Balaban J connectivity index is 1.80. The van der Waals surface area contributed by atoms with E-state index in [9.17, 15) is 9.59 Å². The van der Waals surface area contributed by atoms with Crippen molar-refractivity contribution in [2.75, 3.05) is 53.5 Å². The van der Waals surface area contributed by atoms with Gasteiger partial charge in [0.15, 0.2) is 5.69 Å². The predicted octanol–water partition coefficient (Wildman–Crippen LogP) is 0.488. The van der Waals surface area contributed by atoms with Crippen LogP contribution in [0.15, 0.2) is 24.4 Å². The number of hydrogen-bond acceptors (Lipinski definition) is 5. The van der Waals surface area contributed by atoms with Gasteiger partial charge in [-0.25, -0.2) is 4.98 Å². The highest BCUT2D eigenvalue weighted by Gasteiger charge is 2.26. The highest BCUT2D eigenvalue weighted by molar-refractivity contribution is 6.02. The maximum Gasteiger partial charge on any atom is 0.290 e. The molecule has 140 valence electrons. The molecule has 1 N–H and O–H groups in total. The van der Waals surface area contributed by atoms with E-state index in [1.807, 2.05) is 26.2 Å². The lowest BCUT2D eigenvalue weighted by Crippen LogP contribution is -2.41. The third-order valence-corrected chi connectivity index (χ3v) is 4.32. The molecule has 8 heteroatoms. The van der Waals surface area contributed by atoms with Crippen molar-refractivity contribution in [3.05, 3.63) is 35.9 Å². The van der Waals surface area contributed by atoms with E-state index >= 15 is 0 Å². The van der Waals surface area contributed by atoms with Crippen molar-refractivity contribution >= 4 is 17.3 Å². The molecule has 1 fully saturated rings. The summed E-state index contributed by atoms with van der Waals surface area (Å²) >= 11 is 0. The number of pyridine rings is 1.